The number of hydrogen-bond donors (Lipinski definition) is 1. The first kappa shape index (κ1) is 18.1. The number of rotatable bonds is 7. The number of allylic oxidation sites excluding steroid dienone is 1. The van der Waals surface area contributed by atoms with Crippen LogP contribution in [-0.4, -0.2) is 23.7 Å². The molecule has 0 bridgehead atoms. The molecule has 4 rings (SSSR count). The molecule has 1 atom stereocenters. The van der Waals surface area contributed by atoms with Crippen molar-refractivity contribution in [2.45, 2.75) is 51.2 Å². The lowest BCUT2D eigenvalue weighted by Crippen LogP contribution is -2.27. The van der Waals surface area contributed by atoms with Gasteiger partial charge in [0, 0.05) is 30.9 Å². The molecule has 2 heterocycles. The minimum atomic E-state index is -0.152. The van der Waals surface area contributed by atoms with Gasteiger partial charge in [-0.1, -0.05) is 29.8 Å². The molecule has 0 radical (unpaired) electrons. The summed E-state index contributed by atoms with van der Waals surface area (Å²) in [6.45, 7) is 5.60. The van der Waals surface area contributed by atoms with Crippen molar-refractivity contribution in [1.29, 1.82) is 0 Å². The molecule has 1 aliphatic heterocycles. The largest absolute Gasteiger partial charge is 0.488 e. The number of ether oxygens (including phenoxy) is 2. The van der Waals surface area contributed by atoms with Gasteiger partial charge in [-0.15, -0.1) is 0 Å². The van der Waals surface area contributed by atoms with E-state index in [2.05, 4.69) is 42.4 Å². The van der Waals surface area contributed by atoms with Crippen molar-refractivity contribution in [3.8, 4) is 11.5 Å². The Morgan fingerprint density at radius 3 is 2.96 bits per heavy atom. The molecule has 1 unspecified atom stereocenters. The van der Waals surface area contributed by atoms with E-state index in [1.807, 2.05) is 30.6 Å². The van der Waals surface area contributed by atoms with Crippen LogP contribution in [0.15, 0.2) is 54.4 Å². The summed E-state index contributed by atoms with van der Waals surface area (Å²) in [7, 11) is 0. The Morgan fingerprint density at radius 1 is 1.26 bits per heavy atom. The maximum atomic E-state index is 6.09. The third kappa shape index (κ3) is 4.16. The van der Waals surface area contributed by atoms with Gasteiger partial charge in [-0.2, -0.15) is 0 Å². The molecule has 4 heteroatoms. The SMILES string of the molecule is CC1(C)Cc2cccc(OCCNC(C3=CCCC3)c3cccnc3)c2O1. The molecular formula is C23H28N2O2. The standard InChI is InChI=1S/C23H28N2O2/c1-23(2)15-18-9-5-11-20(22(18)27-23)26-14-13-25-21(17-7-3-4-8-17)19-10-6-12-24-16-19/h5-7,9-12,16,21,25H,3-4,8,13-15H2,1-2H3. The zero-order valence-corrected chi connectivity index (χ0v) is 16.2. The summed E-state index contributed by atoms with van der Waals surface area (Å²) in [6, 6.07) is 10.5. The molecule has 0 fully saturated rings. The second-order valence-electron chi connectivity index (χ2n) is 7.98. The Morgan fingerprint density at radius 2 is 2.19 bits per heavy atom. The lowest BCUT2D eigenvalue weighted by atomic mass is 10.00. The van der Waals surface area contributed by atoms with E-state index in [0.29, 0.717) is 6.61 Å². The topological polar surface area (TPSA) is 43.4 Å². The van der Waals surface area contributed by atoms with Crippen LogP contribution < -0.4 is 14.8 Å². The van der Waals surface area contributed by atoms with Crippen LogP contribution in [0.4, 0.5) is 0 Å². The zero-order chi connectivity index (χ0) is 18.7. The van der Waals surface area contributed by atoms with Gasteiger partial charge in [0.1, 0.15) is 12.2 Å². The van der Waals surface area contributed by atoms with E-state index in [1.54, 1.807) is 0 Å². The van der Waals surface area contributed by atoms with Gasteiger partial charge in [-0.05, 0) is 50.8 Å². The van der Waals surface area contributed by atoms with E-state index in [1.165, 1.54) is 29.5 Å². The quantitative estimate of drug-likeness (QED) is 0.575. The molecule has 1 N–H and O–H groups in total. The van der Waals surface area contributed by atoms with Gasteiger partial charge in [-0.25, -0.2) is 0 Å². The number of pyridine rings is 1. The number of para-hydroxylation sites is 1. The third-order valence-corrected chi connectivity index (χ3v) is 5.23. The molecular weight excluding hydrogens is 336 g/mol. The summed E-state index contributed by atoms with van der Waals surface area (Å²) in [5.41, 5.74) is 3.76. The average molecular weight is 364 g/mol. The summed E-state index contributed by atoms with van der Waals surface area (Å²) in [5, 5.41) is 3.66. The Labute approximate surface area is 161 Å². The van der Waals surface area contributed by atoms with Crippen LogP contribution in [0.2, 0.25) is 0 Å². The van der Waals surface area contributed by atoms with E-state index in [9.17, 15) is 0 Å². The lowest BCUT2D eigenvalue weighted by molar-refractivity contribution is 0.132. The second-order valence-corrected chi connectivity index (χ2v) is 7.98. The Bertz CT molecular complexity index is 814. The summed E-state index contributed by atoms with van der Waals surface area (Å²) in [6.07, 6.45) is 10.6. The molecule has 27 heavy (non-hydrogen) atoms. The molecule has 0 saturated carbocycles. The van der Waals surface area contributed by atoms with Crippen molar-refractivity contribution in [3.63, 3.8) is 0 Å². The van der Waals surface area contributed by atoms with Crippen LogP contribution in [0.3, 0.4) is 0 Å². The number of benzene rings is 1. The van der Waals surface area contributed by atoms with Crippen molar-refractivity contribution < 1.29 is 9.47 Å². The number of fused-ring (bicyclic) bond motifs is 1. The molecule has 0 amide bonds. The Kier molecular flexibility index (Phi) is 5.17. The monoisotopic (exact) mass is 364 g/mol. The first-order valence-corrected chi connectivity index (χ1v) is 9.88. The second kappa shape index (κ2) is 7.73. The average Bonchev–Trinajstić information content (AvgIpc) is 3.29. The van der Waals surface area contributed by atoms with Crippen LogP contribution >= 0.6 is 0 Å². The molecule has 142 valence electrons. The van der Waals surface area contributed by atoms with Gasteiger partial charge >= 0.3 is 0 Å². The highest BCUT2D eigenvalue weighted by molar-refractivity contribution is 5.50. The lowest BCUT2D eigenvalue weighted by Gasteiger charge is -2.21. The normalized spacial score (nSPS) is 18.5. The molecule has 1 aliphatic carbocycles. The van der Waals surface area contributed by atoms with Crippen molar-refractivity contribution in [2.24, 2.45) is 0 Å². The van der Waals surface area contributed by atoms with E-state index >= 15 is 0 Å². The minimum Gasteiger partial charge on any atom is -0.488 e. The van der Waals surface area contributed by atoms with E-state index in [4.69, 9.17) is 9.47 Å². The first-order chi connectivity index (χ1) is 13.1. The number of nitrogens with zero attached hydrogens (tertiary/aromatic N) is 1. The summed E-state index contributed by atoms with van der Waals surface area (Å²) in [4.78, 5) is 4.29. The van der Waals surface area contributed by atoms with E-state index in [-0.39, 0.29) is 11.6 Å². The van der Waals surface area contributed by atoms with Crippen LogP contribution in [0, 0.1) is 0 Å². The number of hydrogen-bond acceptors (Lipinski definition) is 4. The summed E-state index contributed by atoms with van der Waals surface area (Å²) in [5.74, 6) is 1.75. The van der Waals surface area contributed by atoms with Gasteiger partial charge < -0.3 is 14.8 Å². The molecule has 2 aromatic rings. The molecule has 1 aromatic carbocycles. The maximum absolute atomic E-state index is 6.09. The fraction of sp³-hybridized carbons (Fsp3) is 0.435. The highest BCUT2D eigenvalue weighted by Crippen LogP contribution is 2.41. The molecule has 2 aliphatic rings. The molecule has 4 nitrogen and oxygen atoms in total. The smallest absolute Gasteiger partial charge is 0.165 e. The minimum absolute atomic E-state index is 0.152. The van der Waals surface area contributed by atoms with Crippen molar-refractivity contribution in [1.82, 2.24) is 10.3 Å². The third-order valence-electron chi connectivity index (χ3n) is 5.23. The molecule has 1 aromatic heterocycles. The van der Waals surface area contributed by atoms with Crippen LogP contribution in [0.5, 0.6) is 11.5 Å². The molecule has 0 spiro atoms. The highest BCUT2D eigenvalue weighted by atomic mass is 16.5. The first-order valence-electron chi connectivity index (χ1n) is 9.88. The number of nitrogens with one attached hydrogen (secondary N) is 1. The Balaban J connectivity index is 1.38. The van der Waals surface area contributed by atoms with Gasteiger partial charge in [0.25, 0.3) is 0 Å². The fourth-order valence-electron chi connectivity index (χ4n) is 4.03. The van der Waals surface area contributed by atoms with Crippen LogP contribution in [0.25, 0.3) is 0 Å². The van der Waals surface area contributed by atoms with Crippen molar-refractivity contribution in [3.05, 3.63) is 65.5 Å². The van der Waals surface area contributed by atoms with Gasteiger partial charge in [0.2, 0.25) is 0 Å². The number of aromatic nitrogens is 1. The predicted molar refractivity (Wildman–Crippen MR) is 107 cm³/mol. The zero-order valence-electron chi connectivity index (χ0n) is 16.2. The Hall–Kier alpha value is -2.33. The summed E-state index contributed by atoms with van der Waals surface area (Å²) < 4.78 is 12.2. The van der Waals surface area contributed by atoms with Crippen LogP contribution in [0.1, 0.15) is 50.3 Å². The van der Waals surface area contributed by atoms with Gasteiger partial charge in [0.15, 0.2) is 11.5 Å². The van der Waals surface area contributed by atoms with E-state index < -0.39 is 0 Å². The van der Waals surface area contributed by atoms with Crippen molar-refractivity contribution in [2.75, 3.05) is 13.2 Å². The highest BCUT2D eigenvalue weighted by Gasteiger charge is 2.32. The van der Waals surface area contributed by atoms with E-state index in [0.717, 1.165) is 30.9 Å². The molecule has 0 saturated heterocycles. The predicted octanol–water partition coefficient (Wildman–Crippen LogP) is 4.62. The fourth-order valence-corrected chi connectivity index (χ4v) is 4.03. The van der Waals surface area contributed by atoms with Gasteiger partial charge in [-0.3, -0.25) is 4.98 Å². The van der Waals surface area contributed by atoms with Gasteiger partial charge in [0.05, 0.1) is 6.04 Å². The van der Waals surface area contributed by atoms with Crippen LogP contribution in [-0.2, 0) is 6.42 Å². The summed E-state index contributed by atoms with van der Waals surface area (Å²) >= 11 is 0. The van der Waals surface area contributed by atoms with Crippen molar-refractivity contribution >= 4 is 0 Å². The maximum Gasteiger partial charge on any atom is 0.165 e.